The van der Waals surface area contributed by atoms with Crippen LogP contribution in [0.1, 0.15) is 6.42 Å². The Morgan fingerprint density at radius 3 is 2.59 bits per heavy atom. The minimum Gasteiger partial charge on any atom is -0.383 e. The van der Waals surface area contributed by atoms with Crippen LogP contribution in [0.3, 0.4) is 0 Å². The molecule has 0 bridgehead atoms. The molecule has 1 saturated heterocycles. The zero-order valence-electron chi connectivity index (χ0n) is 12.2. The molecule has 0 saturated carbocycles. The Morgan fingerprint density at radius 1 is 1.41 bits per heavy atom. The van der Waals surface area contributed by atoms with E-state index in [1.54, 1.807) is 11.8 Å². The normalized spacial score (nSPS) is 18.7. The fourth-order valence-corrected chi connectivity index (χ4v) is 5.26. The molecule has 1 aliphatic rings. The van der Waals surface area contributed by atoms with Crippen LogP contribution in [0.5, 0.6) is 0 Å². The standard InChI is InChI=1S/C13H18N2O5S2/c1-20-8-7-14(12-6-9-21-10-12)22(18,19)13-4-2-11(3-5-13)15(16)17/h2-5,12H,6-10H2,1H3. The number of hydrogen-bond donors (Lipinski definition) is 0. The Labute approximate surface area is 133 Å². The van der Waals surface area contributed by atoms with Gasteiger partial charge in [0.15, 0.2) is 0 Å². The molecule has 1 aliphatic heterocycles. The van der Waals surface area contributed by atoms with Crippen LogP contribution in [-0.2, 0) is 14.8 Å². The molecule has 7 nitrogen and oxygen atoms in total. The first-order valence-corrected chi connectivity index (χ1v) is 9.39. The summed E-state index contributed by atoms with van der Waals surface area (Å²) in [4.78, 5) is 10.2. The topological polar surface area (TPSA) is 89.8 Å². The number of non-ortho nitro benzene ring substituents is 1. The zero-order chi connectivity index (χ0) is 16.2. The molecule has 1 aromatic carbocycles. The van der Waals surface area contributed by atoms with E-state index in [-0.39, 0.29) is 23.2 Å². The van der Waals surface area contributed by atoms with Gasteiger partial charge in [0.1, 0.15) is 0 Å². The van der Waals surface area contributed by atoms with Crippen molar-refractivity contribution >= 4 is 27.5 Å². The number of sulfonamides is 1. The van der Waals surface area contributed by atoms with E-state index in [1.807, 2.05) is 0 Å². The van der Waals surface area contributed by atoms with Crippen LogP contribution in [-0.4, -0.2) is 55.5 Å². The smallest absolute Gasteiger partial charge is 0.269 e. The molecule has 0 amide bonds. The molecule has 0 aliphatic carbocycles. The van der Waals surface area contributed by atoms with E-state index in [4.69, 9.17) is 4.74 Å². The first-order valence-electron chi connectivity index (χ1n) is 6.80. The second-order valence-electron chi connectivity index (χ2n) is 4.88. The largest absolute Gasteiger partial charge is 0.383 e. The summed E-state index contributed by atoms with van der Waals surface area (Å²) in [6.07, 6.45) is 0.806. The maximum Gasteiger partial charge on any atom is 0.269 e. The predicted molar refractivity (Wildman–Crippen MR) is 84.6 cm³/mol. The summed E-state index contributed by atoms with van der Waals surface area (Å²) in [5, 5.41) is 10.7. The molecular weight excluding hydrogens is 328 g/mol. The van der Waals surface area contributed by atoms with Crippen molar-refractivity contribution in [3.8, 4) is 0 Å². The van der Waals surface area contributed by atoms with Gasteiger partial charge in [0.2, 0.25) is 10.0 Å². The first-order chi connectivity index (χ1) is 10.5. The molecule has 1 heterocycles. The second-order valence-corrected chi connectivity index (χ2v) is 7.92. The van der Waals surface area contributed by atoms with E-state index >= 15 is 0 Å². The van der Waals surface area contributed by atoms with Crippen molar-refractivity contribution in [1.82, 2.24) is 4.31 Å². The van der Waals surface area contributed by atoms with E-state index in [0.29, 0.717) is 6.61 Å². The molecule has 1 fully saturated rings. The third-order valence-electron chi connectivity index (χ3n) is 3.48. The average Bonchev–Trinajstić information content (AvgIpc) is 3.01. The van der Waals surface area contributed by atoms with Crippen molar-refractivity contribution < 1.29 is 18.1 Å². The number of thioether (sulfide) groups is 1. The van der Waals surface area contributed by atoms with Gasteiger partial charge in [-0.15, -0.1) is 0 Å². The molecule has 0 radical (unpaired) electrons. The van der Waals surface area contributed by atoms with Crippen LogP contribution in [0.2, 0.25) is 0 Å². The Balaban J connectivity index is 2.28. The number of nitro benzene ring substituents is 1. The van der Waals surface area contributed by atoms with Gasteiger partial charge >= 0.3 is 0 Å². The van der Waals surface area contributed by atoms with Crippen LogP contribution >= 0.6 is 11.8 Å². The van der Waals surface area contributed by atoms with Gasteiger partial charge in [-0.3, -0.25) is 10.1 Å². The number of nitrogens with zero attached hydrogens (tertiary/aromatic N) is 2. The maximum absolute atomic E-state index is 12.8. The summed E-state index contributed by atoms with van der Waals surface area (Å²) >= 11 is 1.73. The maximum atomic E-state index is 12.8. The number of nitro groups is 1. The third kappa shape index (κ3) is 3.78. The minimum absolute atomic E-state index is 0.0552. The van der Waals surface area contributed by atoms with Gasteiger partial charge in [0, 0.05) is 37.6 Å². The summed E-state index contributed by atoms with van der Waals surface area (Å²) in [7, 11) is -2.15. The lowest BCUT2D eigenvalue weighted by molar-refractivity contribution is -0.384. The van der Waals surface area contributed by atoms with Crippen LogP contribution in [0.4, 0.5) is 5.69 Å². The number of benzene rings is 1. The van der Waals surface area contributed by atoms with E-state index in [9.17, 15) is 18.5 Å². The summed E-state index contributed by atoms with van der Waals surface area (Å²) in [5.41, 5.74) is -0.126. The number of methoxy groups -OCH3 is 1. The van der Waals surface area contributed by atoms with Gasteiger partial charge in [-0.25, -0.2) is 8.42 Å². The molecule has 122 valence electrons. The van der Waals surface area contributed by atoms with Crippen LogP contribution < -0.4 is 0 Å². The fourth-order valence-electron chi connectivity index (χ4n) is 2.30. The molecule has 1 atom stereocenters. The van der Waals surface area contributed by atoms with Crippen molar-refractivity contribution in [2.75, 3.05) is 31.8 Å². The lowest BCUT2D eigenvalue weighted by Crippen LogP contribution is -2.42. The van der Waals surface area contributed by atoms with Gasteiger partial charge < -0.3 is 4.74 Å². The van der Waals surface area contributed by atoms with Crippen molar-refractivity contribution in [2.24, 2.45) is 0 Å². The van der Waals surface area contributed by atoms with Crippen LogP contribution in [0.25, 0.3) is 0 Å². The highest BCUT2D eigenvalue weighted by molar-refractivity contribution is 7.99. The van der Waals surface area contributed by atoms with Gasteiger partial charge in [0.25, 0.3) is 5.69 Å². The highest BCUT2D eigenvalue weighted by atomic mass is 32.2. The summed E-state index contributed by atoms with van der Waals surface area (Å²) < 4.78 is 32.1. The highest BCUT2D eigenvalue weighted by Crippen LogP contribution is 2.28. The molecule has 0 aromatic heterocycles. The van der Waals surface area contributed by atoms with E-state index < -0.39 is 14.9 Å². The Bertz CT molecular complexity index is 612. The summed E-state index contributed by atoms with van der Waals surface area (Å²) in [6.45, 7) is 0.592. The van der Waals surface area contributed by atoms with Crippen LogP contribution in [0, 0.1) is 10.1 Å². The zero-order valence-corrected chi connectivity index (χ0v) is 13.8. The number of ether oxygens (including phenoxy) is 1. The van der Waals surface area contributed by atoms with Gasteiger partial charge in [-0.2, -0.15) is 16.1 Å². The van der Waals surface area contributed by atoms with Gasteiger partial charge in [-0.05, 0) is 24.3 Å². The Kier molecular flexibility index (Phi) is 5.79. The number of hydrogen-bond acceptors (Lipinski definition) is 6. The summed E-state index contributed by atoms with van der Waals surface area (Å²) in [5.74, 6) is 1.69. The molecule has 0 spiro atoms. The van der Waals surface area contributed by atoms with Crippen molar-refractivity contribution in [3.63, 3.8) is 0 Å². The van der Waals surface area contributed by atoms with E-state index in [1.165, 1.54) is 35.7 Å². The molecular formula is C13H18N2O5S2. The van der Waals surface area contributed by atoms with E-state index in [0.717, 1.165) is 17.9 Å². The van der Waals surface area contributed by atoms with E-state index in [2.05, 4.69) is 0 Å². The molecule has 0 N–H and O–H groups in total. The lowest BCUT2D eigenvalue weighted by atomic mass is 10.3. The van der Waals surface area contributed by atoms with Gasteiger partial charge in [-0.1, -0.05) is 0 Å². The number of rotatable bonds is 7. The molecule has 1 aromatic rings. The van der Waals surface area contributed by atoms with Crippen molar-refractivity contribution in [1.29, 1.82) is 0 Å². The average molecular weight is 346 g/mol. The van der Waals surface area contributed by atoms with Gasteiger partial charge in [0.05, 0.1) is 16.4 Å². The third-order valence-corrected chi connectivity index (χ3v) is 6.59. The molecule has 9 heteroatoms. The van der Waals surface area contributed by atoms with Crippen molar-refractivity contribution in [3.05, 3.63) is 34.4 Å². The molecule has 1 unspecified atom stereocenters. The quantitative estimate of drug-likeness (QED) is 0.552. The minimum atomic E-state index is -3.68. The predicted octanol–water partition coefficient (Wildman–Crippen LogP) is 1.74. The Hall–Kier alpha value is -1.16. The summed E-state index contributed by atoms with van der Waals surface area (Å²) in [6, 6.07) is 4.95. The van der Waals surface area contributed by atoms with Crippen LogP contribution in [0.15, 0.2) is 29.2 Å². The molecule has 22 heavy (non-hydrogen) atoms. The SMILES string of the molecule is COCCN(C1CCSC1)S(=O)(=O)c1ccc([N+](=O)[O-])cc1. The Morgan fingerprint density at radius 2 is 2.09 bits per heavy atom. The lowest BCUT2D eigenvalue weighted by Gasteiger charge is -2.27. The second kappa shape index (κ2) is 7.40. The highest BCUT2D eigenvalue weighted by Gasteiger charge is 2.33. The van der Waals surface area contributed by atoms with Crippen molar-refractivity contribution in [2.45, 2.75) is 17.4 Å². The fraction of sp³-hybridized carbons (Fsp3) is 0.538. The first kappa shape index (κ1) is 17.2. The monoisotopic (exact) mass is 346 g/mol. The molecule has 2 rings (SSSR count).